The van der Waals surface area contributed by atoms with Gasteiger partial charge >= 0.3 is 6.09 Å². The van der Waals surface area contributed by atoms with Crippen molar-refractivity contribution in [1.29, 1.82) is 0 Å². The van der Waals surface area contributed by atoms with Crippen LogP contribution in [0.4, 0.5) is 4.79 Å². The van der Waals surface area contributed by atoms with E-state index in [0.717, 1.165) is 77.3 Å². The number of allylic oxidation sites excluding steroid dienone is 1. The van der Waals surface area contributed by atoms with Gasteiger partial charge in [-0.15, -0.1) is 6.58 Å². The third-order valence-corrected chi connectivity index (χ3v) is 13.2. The molecule has 6 atom stereocenters. The van der Waals surface area contributed by atoms with Crippen LogP contribution in [-0.4, -0.2) is 71.0 Å². The van der Waals surface area contributed by atoms with Crippen molar-refractivity contribution in [3.8, 4) is 11.5 Å². The zero-order valence-corrected chi connectivity index (χ0v) is 36.3. The smallest absolute Gasteiger partial charge is 0.412 e. The van der Waals surface area contributed by atoms with Gasteiger partial charge in [-0.3, -0.25) is 4.79 Å². The number of unbranched alkanes of at least 4 members (excludes halogenated alkanes) is 2. The summed E-state index contributed by atoms with van der Waals surface area (Å²) in [7, 11) is 0. The van der Waals surface area contributed by atoms with Crippen molar-refractivity contribution in [3.63, 3.8) is 0 Å². The fraction of sp³-hybridized carbons (Fsp3) is 0.442. The van der Waals surface area contributed by atoms with Crippen LogP contribution in [0.25, 0.3) is 10.8 Å². The molecule has 0 saturated heterocycles. The van der Waals surface area contributed by atoms with Gasteiger partial charge in [-0.05, 0) is 103 Å². The van der Waals surface area contributed by atoms with Gasteiger partial charge < -0.3 is 39.5 Å². The van der Waals surface area contributed by atoms with E-state index in [9.17, 15) is 15.0 Å². The Morgan fingerprint density at radius 2 is 1.71 bits per heavy atom. The number of hydrogen-bond acceptors (Lipinski definition) is 9. The molecule has 0 spiro atoms. The number of benzene rings is 4. The second kappa shape index (κ2) is 20.3. The molecule has 63 heavy (non-hydrogen) atoms. The van der Waals surface area contributed by atoms with Gasteiger partial charge in [0.2, 0.25) is 11.7 Å². The van der Waals surface area contributed by atoms with E-state index in [-0.39, 0.29) is 56.0 Å². The highest BCUT2D eigenvalue weighted by atomic mass is 16.7. The highest BCUT2D eigenvalue weighted by Crippen LogP contribution is 2.62. The first-order valence-electron chi connectivity index (χ1n) is 22.9. The van der Waals surface area contributed by atoms with Crippen LogP contribution in [-0.2, 0) is 27.5 Å². The Balaban J connectivity index is 1.34. The molecule has 11 nitrogen and oxygen atoms in total. The second-order valence-electron chi connectivity index (χ2n) is 17.3. The van der Waals surface area contributed by atoms with E-state index in [2.05, 4.69) is 42.2 Å². The lowest BCUT2D eigenvalue weighted by Gasteiger charge is -2.60. The number of fused-ring (bicyclic) bond motifs is 3. The maximum Gasteiger partial charge on any atom is 0.412 e. The van der Waals surface area contributed by atoms with E-state index in [4.69, 9.17) is 24.2 Å². The standard InChI is InChI=1S/C52H61N3O8/c1-3-29-60-52-47(55(50(58)37-23-24-37)33-39-20-14-19-36-17-8-9-21-41(36)39)32-45(54-61-34-35-15-6-5-7-16-35)43-30-38(18-10-12-27-56)42(22-11-13-28-57)48(49(43)52)44-31-40(25-26-46(44)63-52)62-51(59)53-4-2/h3,5-9,14-17,19-21,25-26,30-31,37-38,42,47-49,56-57H,1,4,10-13,18,22-24,27-29,32-34H2,2H3,(H,53,59). The lowest BCUT2D eigenvalue weighted by molar-refractivity contribution is -0.258. The van der Waals surface area contributed by atoms with Crippen LogP contribution in [0.15, 0.2) is 120 Å². The summed E-state index contributed by atoms with van der Waals surface area (Å²) in [5.41, 5.74) is 4.57. The number of aliphatic hydroxyl groups is 2. The molecule has 4 aromatic carbocycles. The minimum atomic E-state index is -1.40. The Labute approximate surface area is 370 Å². The lowest BCUT2D eigenvalue weighted by atomic mass is 9.55. The molecule has 2 amide bonds. The summed E-state index contributed by atoms with van der Waals surface area (Å²) in [4.78, 5) is 36.2. The third-order valence-electron chi connectivity index (χ3n) is 13.2. The van der Waals surface area contributed by atoms with E-state index in [1.54, 1.807) is 12.1 Å². The Kier molecular flexibility index (Phi) is 14.3. The van der Waals surface area contributed by atoms with Gasteiger partial charge in [0, 0.05) is 50.1 Å². The van der Waals surface area contributed by atoms with Crippen LogP contribution in [0.1, 0.15) is 87.3 Å². The quantitative estimate of drug-likeness (QED) is 0.0455. The first kappa shape index (κ1) is 44.1. The van der Waals surface area contributed by atoms with Gasteiger partial charge in [0.25, 0.3) is 0 Å². The Hall–Kier alpha value is -5.49. The molecule has 1 heterocycles. The fourth-order valence-electron chi connectivity index (χ4n) is 10.3. The lowest BCUT2D eigenvalue weighted by Crippen LogP contribution is -2.70. The molecule has 8 rings (SSSR count). The van der Waals surface area contributed by atoms with Gasteiger partial charge in [0.1, 0.15) is 24.1 Å². The summed E-state index contributed by atoms with van der Waals surface area (Å²) in [6.07, 6.45) is 9.98. The number of rotatable bonds is 20. The Morgan fingerprint density at radius 3 is 2.48 bits per heavy atom. The maximum absolute atomic E-state index is 15.1. The minimum absolute atomic E-state index is 0.0222. The number of carbonyl (C=O) groups is 2. The summed E-state index contributed by atoms with van der Waals surface area (Å²) in [5.74, 6) is -1.15. The summed E-state index contributed by atoms with van der Waals surface area (Å²) in [6, 6.07) is 29.3. The summed E-state index contributed by atoms with van der Waals surface area (Å²) in [6.45, 7) is 7.27. The maximum atomic E-state index is 15.1. The molecule has 0 aromatic heterocycles. The van der Waals surface area contributed by atoms with Crippen LogP contribution in [0.2, 0.25) is 0 Å². The molecule has 11 heteroatoms. The molecular weight excluding hydrogens is 795 g/mol. The van der Waals surface area contributed by atoms with Gasteiger partial charge in [-0.25, -0.2) is 4.79 Å². The van der Waals surface area contributed by atoms with Crippen LogP contribution in [0.3, 0.4) is 0 Å². The largest absolute Gasteiger partial charge is 0.459 e. The number of carbonyl (C=O) groups excluding carboxylic acids is 2. The number of nitrogens with one attached hydrogen (secondary N) is 1. The van der Waals surface area contributed by atoms with Crippen molar-refractivity contribution < 1.29 is 38.9 Å². The molecule has 4 aliphatic rings. The topological polar surface area (TPSA) is 139 Å². The molecule has 3 N–H and O–H groups in total. The fourth-order valence-corrected chi connectivity index (χ4v) is 10.3. The zero-order valence-electron chi connectivity index (χ0n) is 36.3. The number of nitrogens with zero attached hydrogens (tertiary/aromatic N) is 2. The molecule has 2 fully saturated rings. The number of aliphatic hydroxyl groups excluding tert-OH is 2. The predicted octanol–water partition coefficient (Wildman–Crippen LogP) is 9.22. The van der Waals surface area contributed by atoms with E-state index in [1.165, 1.54) is 0 Å². The van der Waals surface area contributed by atoms with Crippen LogP contribution in [0.5, 0.6) is 11.5 Å². The molecule has 2 saturated carbocycles. The number of hydrogen-bond donors (Lipinski definition) is 3. The average Bonchev–Trinajstić information content (AvgIpc) is 4.16. The van der Waals surface area contributed by atoms with Gasteiger partial charge in [0.05, 0.1) is 18.2 Å². The number of ether oxygens (including phenoxy) is 3. The van der Waals surface area contributed by atoms with Crippen molar-refractivity contribution in [2.24, 2.45) is 28.8 Å². The first-order valence-corrected chi connectivity index (χ1v) is 22.9. The predicted molar refractivity (Wildman–Crippen MR) is 243 cm³/mol. The SMILES string of the molecule is C=CCOC12Oc3ccc(OC(=O)NCC)cc3C3C(CCCCO)C(CCCCO)C=C(C(=NOCc4ccccc4)CC1N(Cc1cccc4ccccc14)C(=O)C1CC1)C32. The van der Waals surface area contributed by atoms with Crippen molar-refractivity contribution >= 4 is 28.5 Å². The molecule has 332 valence electrons. The summed E-state index contributed by atoms with van der Waals surface area (Å²) < 4.78 is 20.5. The Morgan fingerprint density at radius 1 is 0.952 bits per heavy atom. The van der Waals surface area contributed by atoms with E-state index in [1.807, 2.05) is 72.5 Å². The third kappa shape index (κ3) is 9.56. The summed E-state index contributed by atoms with van der Waals surface area (Å²) in [5, 5.41) is 29.9. The average molecular weight is 856 g/mol. The van der Waals surface area contributed by atoms with Crippen LogP contribution < -0.4 is 14.8 Å². The first-order chi connectivity index (χ1) is 30.9. The van der Waals surface area contributed by atoms with Crippen molar-refractivity contribution in [2.75, 3.05) is 26.4 Å². The normalized spacial score (nSPS) is 24.1. The molecule has 0 bridgehead atoms. The van der Waals surface area contributed by atoms with E-state index in [0.29, 0.717) is 43.9 Å². The molecule has 4 aromatic rings. The molecule has 0 radical (unpaired) electrons. The van der Waals surface area contributed by atoms with Gasteiger partial charge in [-0.1, -0.05) is 103 Å². The molecule has 3 aliphatic carbocycles. The van der Waals surface area contributed by atoms with Crippen molar-refractivity contribution in [1.82, 2.24) is 10.2 Å². The number of oxime groups is 1. The minimum Gasteiger partial charge on any atom is -0.459 e. The van der Waals surface area contributed by atoms with Crippen molar-refractivity contribution in [3.05, 3.63) is 132 Å². The van der Waals surface area contributed by atoms with Crippen molar-refractivity contribution in [2.45, 2.75) is 95.6 Å². The summed E-state index contributed by atoms with van der Waals surface area (Å²) >= 11 is 0. The van der Waals surface area contributed by atoms with E-state index >= 15 is 4.79 Å². The zero-order chi connectivity index (χ0) is 43.8. The van der Waals surface area contributed by atoms with Gasteiger partial charge in [0.15, 0.2) is 0 Å². The van der Waals surface area contributed by atoms with Gasteiger partial charge in [-0.2, -0.15) is 0 Å². The molecule has 1 aliphatic heterocycles. The monoisotopic (exact) mass is 855 g/mol. The van der Waals surface area contributed by atoms with E-state index < -0.39 is 23.8 Å². The molecule has 6 unspecified atom stereocenters. The second-order valence-corrected chi connectivity index (χ2v) is 17.3. The number of amides is 2. The highest BCUT2D eigenvalue weighted by molar-refractivity contribution is 6.03. The van der Waals surface area contributed by atoms with Crippen LogP contribution in [0, 0.1) is 23.7 Å². The molecular formula is C52H61N3O8. The Bertz CT molecular complexity index is 2290. The van der Waals surface area contributed by atoms with Crippen LogP contribution >= 0.6 is 0 Å². The highest BCUT2D eigenvalue weighted by Gasteiger charge is 2.66.